The van der Waals surface area contributed by atoms with Gasteiger partial charge in [0.25, 0.3) is 0 Å². The summed E-state index contributed by atoms with van der Waals surface area (Å²) in [4.78, 5) is 32.1. The third-order valence-electron chi connectivity index (χ3n) is 5.07. The zero-order valence-corrected chi connectivity index (χ0v) is 15.3. The summed E-state index contributed by atoms with van der Waals surface area (Å²) in [5.41, 5.74) is 6.28. The van der Waals surface area contributed by atoms with Crippen LogP contribution in [0.3, 0.4) is 0 Å². The number of nitrogens with two attached hydrogens (primary N) is 1. The summed E-state index contributed by atoms with van der Waals surface area (Å²) < 4.78 is 0. The molecule has 0 atom stereocenters. The molecule has 0 saturated carbocycles. The number of thiazole rings is 1. The molecular formula is C17H21N7OS. The smallest absolute Gasteiger partial charge is 0.233 e. The number of rotatable bonds is 4. The fraction of sp³-hybridized carbons (Fsp3) is 0.412. The monoisotopic (exact) mass is 371 g/mol. The highest BCUT2D eigenvalue weighted by atomic mass is 32.1. The number of aryl methyl sites for hydroxylation is 1. The second kappa shape index (κ2) is 6.65. The molecule has 0 radical (unpaired) electrons. The van der Waals surface area contributed by atoms with E-state index in [-0.39, 0.29) is 5.91 Å². The topological polar surface area (TPSA) is 113 Å². The van der Waals surface area contributed by atoms with E-state index in [0.29, 0.717) is 24.5 Å². The van der Waals surface area contributed by atoms with Gasteiger partial charge in [-0.25, -0.2) is 15.0 Å². The summed E-state index contributed by atoms with van der Waals surface area (Å²) in [5.74, 6) is 0.862. The number of piperidine rings is 1. The maximum absolute atomic E-state index is 12.9. The van der Waals surface area contributed by atoms with Crippen LogP contribution in [0.1, 0.15) is 17.7 Å². The Balaban J connectivity index is 1.50. The molecule has 1 saturated heterocycles. The molecular weight excluding hydrogens is 350 g/mol. The van der Waals surface area contributed by atoms with Crippen molar-refractivity contribution in [2.45, 2.75) is 19.8 Å². The number of H-pyrrole nitrogens is 1. The summed E-state index contributed by atoms with van der Waals surface area (Å²) >= 11 is 1.47. The van der Waals surface area contributed by atoms with Crippen molar-refractivity contribution >= 4 is 39.2 Å². The Kier molecular flexibility index (Phi) is 4.33. The number of aromatic amines is 1. The highest BCUT2D eigenvalue weighted by molar-refractivity contribution is 7.15. The normalized spacial score (nSPS) is 16.8. The highest BCUT2D eigenvalue weighted by Gasteiger charge is 2.41. The van der Waals surface area contributed by atoms with E-state index in [2.05, 4.69) is 30.2 Å². The SMILES string of the molecule is Cc1cnc(NC(=O)C2(CN)CCN(c3ncnc4[nH]ccc34)CC2)s1. The number of nitrogens with zero attached hydrogens (tertiary/aromatic N) is 4. The predicted octanol–water partition coefficient (Wildman–Crippen LogP) is 1.91. The van der Waals surface area contributed by atoms with Gasteiger partial charge in [-0.15, -0.1) is 11.3 Å². The van der Waals surface area contributed by atoms with Crippen LogP contribution in [-0.4, -0.2) is 45.5 Å². The molecule has 3 aromatic heterocycles. The molecule has 9 heteroatoms. The van der Waals surface area contributed by atoms with Crippen LogP contribution in [0, 0.1) is 12.3 Å². The fourth-order valence-corrected chi connectivity index (χ4v) is 4.08. The van der Waals surface area contributed by atoms with Crippen LogP contribution in [0.5, 0.6) is 0 Å². The van der Waals surface area contributed by atoms with Crippen LogP contribution in [0.25, 0.3) is 11.0 Å². The lowest BCUT2D eigenvalue weighted by atomic mass is 9.77. The maximum Gasteiger partial charge on any atom is 0.233 e. The first kappa shape index (κ1) is 16.9. The van der Waals surface area contributed by atoms with Gasteiger partial charge in [-0.1, -0.05) is 0 Å². The zero-order valence-electron chi connectivity index (χ0n) is 14.5. The van der Waals surface area contributed by atoms with Gasteiger partial charge in [-0.05, 0) is 25.8 Å². The van der Waals surface area contributed by atoms with Crippen LogP contribution < -0.4 is 16.0 Å². The van der Waals surface area contributed by atoms with Crippen molar-refractivity contribution in [1.29, 1.82) is 0 Å². The number of anilines is 2. The number of aromatic nitrogens is 4. The number of nitrogens with one attached hydrogen (secondary N) is 2. The van der Waals surface area contributed by atoms with Crippen LogP contribution in [0.4, 0.5) is 10.9 Å². The predicted molar refractivity (Wildman–Crippen MR) is 102 cm³/mol. The Hall–Kier alpha value is -2.52. The van der Waals surface area contributed by atoms with Gasteiger partial charge in [0.05, 0.1) is 10.8 Å². The molecule has 0 bridgehead atoms. The Morgan fingerprint density at radius 1 is 1.38 bits per heavy atom. The molecule has 4 heterocycles. The van der Waals surface area contributed by atoms with Gasteiger partial charge >= 0.3 is 0 Å². The molecule has 0 aromatic carbocycles. The van der Waals surface area contributed by atoms with Crippen LogP contribution in [0.2, 0.25) is 0 Å². The third-order valence-corrected chi connectivity index (χ3v) is 5.90. The van der Waals surface area contributed by atoms with E-state index >= 15 is 0 Å². The van der Waals surface area contributed by atoms with Crippen molar-refractivity contribution in [2.75, 3.05) is 29.9 Å². The molecule has 0 spiro atoms. The molecule has 1 aliphatic heterocycles. The number of carbonyl (C=O) groups excluding carboxylic acids is 1. The third kappa shape index (κ3) is 2.93. The van der Waals surface area contributed by atoms with E-state index < -0.39 is 5.41 Å². The molecule has 26 heavy (non-hydrogen) atoms. The van der Waals surface area contributed by atoms with Crippen molar-refractivity contribution in [3.63, 3.8) is 0 Å². The van der Waals surface area contributed by atoms with Gasteiger partial charge in [0, 0.05) is 36.9 Å². The maximum atomic E-state index is 12.9. The molecule has 1 fully saturated rings. The summed E-state index contributed by atoms with van der Waals surface area (Å²) in [5, 5.41) is 4.57. The van der Waals surface area contributed by atoms with Crippen molar-refractivity contribution in [2.24, 2.45) is 11.1 Å². The van der Waals surface area contributed by atoms with Gasteiger partial charge in [-0.2, -0.15) is 0 Å². The fourth-order valence-electron chi connectivity index (χ4n) is 3.42. The Morgan fingerprint density at radius 2 is 2.19 bits per heavy atom. The van der Waals surface area contributed by atoms with E-state index in [9.17, 15) is 4.79 Å². The van der Waals surface area contributed by atoms with Crippen LogP contribution >= 0.6 is 11.3 Å². The van der Waals surface area contributed by atoms with Crippen molar-refractivity contribution in [3.8, 4) is 0 Å². The molecule has 136 valence electrons. The lowest BCUT2D eigenvalue weighted by Crippen LogP contribution is -2.50. The van der Waals surface area contributed by atoms with Crippen LogP contribution in [0.15, 0.2) is 24.8 Å². The van der Waals surface area contributed by atoms with Crippen molar-refractivity contribution < 1.29 is 4.79 Å². The molecule has 8 nitrogen and oxygen atoms in total. The lowest BCUT2D eigenvalue weighted by Gasteiger charge is -2.40. The standard InChI is InChI=1S/C17H21N7OS/c1-11-8-20-16(26-11)23-15(25)17(9-18)3-6-24(7-4-17)14-12-2-5-19-13(12)21-10-22-14/h2,5,8,10H,3-4,6-7,9,18H2,1H3,(H,19,21,22)(H,20,23,25). The first-order valence-corrected chi connectivity index (χ1v) is 9.40. The second-order valence-electron chi connectivity index (χ2n) is 6.64. The van der Waals surface area contributed by atoms with E-state index in [0.717, 1.165) is 34.8 Å². The first-order chi connectivity index (χ1) is 12.6. The summed E-state index contributed by atoms with van der Waals surface area (Å²) in [6, 6.07) is 1.98. The quantitative estimate of drug-likeness (QED) is 0.646. The first-order valence-electron chi connectivity index (χ1n) is 8.58. The second-order valence-corrected chi connectivity index (χ2v) is 7.87. The number of fused-ring (bicyclic) bond motifs is 1. The molecule has 1 amide bonds. The minimum Gasteiger partial charge on any atom is -0.356 e. The van der Waals surface area contributed by atoms with E-state index in [1.54, 1.807) is 12.5 Å². The van der Waals surface area contributed by atoms with Crippen molar-refractivity contribution in [3.05, 3.63) is 29.7 Å². The number of amides is 1. The Morgan fingerprint density at radius 3 is 2.88 bits per heavy atom. The summed E-state index contributed by atoms with van der Waals surface area (Å²) in [6.45, 7) is 3.73. The average Bonchev–Trinajstić information content (AvgIpc) is 3.30. The molecule has 0 unspecified atom stereocenters. The molecule has 3 aromatic rings. The average molecular weight is 371 g/mol. The highest BCUT2D eigenvalue weighted by Crippen LogP contribution is 2.35. The van der Waals surface area contributed by atoms with Crippen molar-refractivity contribution in [1.82, 2.24) is 19.9 Å². The summed E-state index contributed by atoms with van der Waals surface area (Å²) in [6.07, 6.45) is 6.54. The minimum atomic E-state index is -0.569. The molecule has 4 rings (SSSR count). The van der Waals surface area contributed by atoms with E-state index in [1.807, 2.05) is 19.2 Å². The lowest BCUT2D eigenvalue weighted by molar-refractivity contribution is -0.126. The van der Waals surface area contributed by atoms with Gasteiger partial charge in [0.2, 0.25) is 5.91 Å². The molecule has 1 aliphatic rings. The van der Waals surface area contributed by atoms with Gasteiger partial charge < -0.3 is 20.9 Å². The number of carbonyl (C=O) groups is 1. The van der Waals surface area contributed by atoms with E-state index in [1.165, 1.54) is 11.3 Å². The van der Waals surface area contributed by atoms with Gasteiger partial charge in [0.1, 0.15) is 17.8 Å². The number of hydrogen-bond acceptors (Lipinski definition) is 7. The van der Waals surface area contributed by atoms with Gasteiger partial charge in [-0.3, -0.25) is 4.79 Å². The Labute approximate surface area is 154 Å². The molecule has 0 aliphatic carbocycles. The van der Waals surface area contributed by atoms with Gasteiger partial charge in [0.15, 0.2) is 5.13 Å². The number of hydrogen-bond donors (Lipinski definition) is 3. The largest absolute Gasteiger partial charge is 0.356 e. The summed E-state index contributed by atoms with van der Waals surface area (Å²) in [7, 11) is 0. The van der Waals surface area contributed by atoms with Crippen LogP contribution in [-0.2, 0) is 4.79 Å². The molecule has 4 N–H and O–H groups in total. The minimum absolute atomic E-state index is 0.0384. The van der Waals surface area contributed by atoms with E-state index in [4.69, 9.17) is 5.73 Å². The Bertz CT molecular complexity index is 926. The zero-order chi connectivity index (χ0) is 18.1.